The predicted molar refractivity (Wildman–Crippen MR) is 99.8 cm³/mol. The first kappa shape index (κ1) is 18.3. The van der Waals surface area contributed by atoms with Gasteiger partial charge in [-0.1, -0.05) is 6.92 Å². The lowest BCUT2D eigenvalue weighted by Gasteiger charge is -2.28. The maximum absolute atomic E-state index is 12.4. The van der Waals surface area contributed by atoms with Crippen molar-refractivity contribution in [1.82, 2.24) is 15.3 Å². The summed E-state index contributed by atoms with van der Waals surface area (Å²) in [6.45, 7) is 2.89. The number of sulfone groups is 1. The maximum atomic E-state index is 12.4. The van der Waals surface area contributed by atoms with Crippen molar-refractivity contribution in [3.05, 3.63) is 54.0 Å². The van der Waals surface area contributed by atoms with E-state index in [1.807, 2.05) is 24.0 Å². The molecule has 138 valence electrons. The van der Waals surface area contributed by atoms with E-state index >= 15 is 0 Å². The Kier molecular flexibility index (Phi) is 5.51. The van der Waals surface area contributed by atoms with Gasteiger partial charge in [0.25, 0.3) is 5.91 Å². The van der Waals surface area contributed by atoms with Gasteiger partial charge in [0.2, 0.25) is 0 Å². The van der Waals surface area contributed by atoms with Crippen LogP contribution >= 0.6 is 0 Å². The van der Waals surface area contributed by atoms with Crippen LogP contribution in [-0.2, 0) is 9.84 Å². The fourth-order valence-corrected chi connectivity index (χ4v) is 4.13. The normalized spacial score (nSPS) is 17.5. The average molecular weight is 374 g/mol. The molecular formula is C18H22N4O3S. The minimum atomic E-state index is -2.93. The summed E-state index contributed by atoms with van der Waals surface area (Å²) in [7, 11) is -2.93. The van der Waals surface area contributed by atoms with Crippen LogP contribution < -0.4 is 10.2 Å². The minimum Gasteiger partial charge on any atom is -0.355 e. The quantitative estimate of drug-likeness (QED) is 0.854. The first-order valence-electron chi connectivity index (χ1n) is 8.61. The molecule has 1 fully saturated rings. The van der Waals surface area contributed by atoms with Gasteiger partial charge in [-0.2, -0.15) is 0 Å². The van der Waals surface area contributed by atoms with Crippen LogP contribution in [0.25, 0.3) is 0 Å². The summed E-state index contributed by atoms with van der Waals surface area (Å²) >= 11 is 0. The van der Waals surface area contributed by atoms with Crippen molar-refractivity contribution in [3.63, 3.8) is 0 Å². The Hall–Kier alpha value is -2.48. The lowest BCUT2D eigenvalue weighted by Crippen LogP contribution is -2.40. The van der Waals surface area contributed by atoms with Crippen LogP contribution in [-0.4, -0.2) is 48.9 Å². The van der Waals surface area contributed by atoms with E-state index in [-0.39, 0.29) is 23.5 Å². The van der Waals surface area contributed by atoms with Crippen molar-refractivity contribution in [2.75, 3.05) is 29.5 Å². The number of aromatic nitrogens is 2. The van der Waals surface area contributed by atoms with Gasteiger partial charge in [-0.25, -0.2) is 13.4 Å². The predicted octanol–water partition coefficient (Wildman–Crippen LogP) is 1.59. The van der Waals surface area contributed by atoms with Crippen LogP contribution in [0.4, 0.5) is 5.82 Å². The van der Waals surface area contributed by atoms with Gasteiger partial charge in [0, 0.05) is 37.2 Å². The summed E-state index contributed by atoms with van der Waals surface area (Å²) < 4.78 is 23.2. The van der Waals surface area contributed by atoms with Gasteiger partial charge in [-0.3, -0.25) is 9.78 Å². The highest BCUT2D eigenvalue weighted by Gasteiger charge is 2.23. The fraction of sp³-hybridized carbons (Fsp3) is 0.389. The van der Waals surface area contributed by atoms with Gasteiger partial charge in [0.1, 0.15) is 5.82 Å². The fourth-order valence-electron chi connectivity index (χ4n) is 2.93. The van der Waals surface area contributed by atoms with Crippen molar-refractivity contribution in [2.45, 2.75) is 19.4 Å². The second-order valence-corrected chi connectivity index (χ2v) is 8.56. The molecule has 1 N–H and O–H groups in total. The van der Waals surface area contributed by atoms with Gasteiger partial charge < -0.3 is 10.2 Å². The third-order valence-corrected chi connectivity index (χ3v) is 6.11. The van der Waals surface area contributed by atoms with Crippen LogP contribution in [0, 0.1) is 0 Å². The zero-order valence-electron chi connectivity index (χ0n) is 14.6. The van der Waals surface area contributed by atoms with E-state index in [2.05, 4.69) is 15.3 Å². The number of amides is 1. The van der Waals surface area contributed by atoms with Crippen molar-refractivity contribution >= 4 is 21.6 Å². The maximum Gasteiger partial charge on any atom is 0.251 e. The van der Waals surface area contributed by atoms with Crippen LogP contribution in [0.2, 0.25) is 0 Å². The molecule has 0 saturated carbocycles. The van der Waals surface area contributed by atoms with Crippen LogP contribution in [0.3, 0.4) is 0 Å². The number of carbonyl (C=O) groups excluding carboxylic acids is 1. The Bertz CT molecular complexity index is 857. The highest BCUT2D eigenvalue weighted by atomic mass is 32.2. The molecule has 2 aromatic rings. The summed E-state index contributed by atoms with van der Waals surface area (Å²) in [5.74, 6) is 0.889. The molecule has 0 aromatic carbocycles. The number of pyridine rings is 2. The van der Waals surface area contributed by atoms with E-state index in [0.717, 1.165) is 17.8 Å². The van der Waals surface area contributed by atoms with E-state index in [9.17, 15) is 13.2 Å². The average Bonchev–Trinajstić information content (AvgIpc) is 2.66. The summed E-state index contributed by atoms with van der Waals surface area (Å²) in [4.78, 5) is 22.7. The Morgan fingerprint density at radius 1 is 1.19 bits per heavy atom. The molecule has 0 bridgehead atoms. The topological polar surface area (TPSA) is 92.3 Å². The van der Waals surface area contributed by atoms with Crippen LogP contribution in [0.5, 0.6) is 0 Å². The summed E-state index contributed by atoms with van der Waals surface area (Å²) in [6.07, 6.45) is 5.61. The Labute approximate surface area is 153 Å². The van der Waals surface area contributed by atoms with Crippen molar-refractivity contribution < 1.29 is 13.2 Å². The van der Waals surface area contributed by atoms with Crippen molar-refractivity contribution in [2.24, 2.45) is 0 Å². The zero-order chi connectivity index (χ0) is 18.6. The summed E-state index contributed by atoms with van der Waals surface area (Å²) in [5, 5.41) is 3.03. The van der Waals surface area contributed by atoms with E-state index < -0.39 is 9.84 Å². The molecule has 1 aliphatic heterocycles. The van der Waals surface area contributed by atoms with E-state index in [1.165, 1.54) is 0 Å². The second-order valence-electron chi connectivity index (χ2n) is 6.26. The summed E-state index contributed by atoms with van der Waals surface area (Å²) in [6, 6.07) is 7.01. The Balaban J connectivity index is 1.74. The minimum absolute atomic E-state index is 0.147. The van der Waals surface area contributed by atoms with E-state index in [1.54, 1.807) is 30.7 Å². The standard InChI is InChI=1S/C18H22N4O3S/c1-2-16(21-18(23)14-3-6-19-7-4-14)15-5-8-20-17(13-15)22-9-11-26(24,25)12-10-22/h3-8,13,16H,2,9-12H2,1H3,(H,21,23)/t16-/m0/s1. The van der Waals surface area contributed by atoms with E-state index in [4.69, 9.17) is 0 Å². The lowest BCUT2D eigenvalue weighted by molar-refractivity contribution is 0.0935. The molecular weight excluding hydrogens is 352 g/mol. The first-order valence-corrected chi connectivity index (χ1v) is 10.4. The number of rotatable bonds is 5. The molecule has 1 saturated heterocycles. The lowest BCUT2D eigenvalue weighted by atomic mass is 10.0. The van der Waals surface area contributed by atoms with Gasteiger partial charge >= 0.3 is 0 Å². The molecule has 0 radical (unpaired) electrons. The second kappa shape index (κ2) is 7.82. The Morgan fingerprint density at radius 3 is 2.54 bits per heavy atom. The molecule has 1 atom stereocenters. The number of nitrogens with one attached hydrogen (secondary N) is 1. The molecule has 0 unspecified atom stereocenters. The third kappa shape index (κ3) is 4.37. The third-order valence-electron chi connectivity index (χ3n) is 4.50. The molecule has 26 heavy (non-hydrogen) atoms. The first-order chi connectivity index (χ1) is 12.5. The van der Waals surface area contributed by atoms with Crippen LogP contribution in [0.1, 0.15) is 35.3 Å². The van der Waals surface area contributed by atoms with Gasteiger partial charge in [-0.15, -0.1) is 0 Å². The van der Waals surface area contributed by atoms with Crippen molar-refractivity contribution in [3.8, 4) is 0 Å². The largest absolute Gasteiger partial charge is 0.355 e. The smallest absolute Gasteiger partial charge is 0.251 e. The Morgan fingerprint density at radius 2 is 1.88 bits per heavy atom. The molecule has 1 amide bonds. The van der Waals surface area contributed by atoms with Crippen LogP contribution in [0.15, 0.2) is 42.9 Å². The number of hydrogen-bond donors (Lipinski definition) is 1. The molecule has 3 heterocycles. The highest BCUT2D eigenvalue weighted by Crippen LogP contribution is 2.22. The molecule has 3 rings (SSSR count). The molecule has 8 heteroatoms. The van der Waals surface area contributed by atoms with E-state index in [0.29, 0.717) is 18.7 Å². The molecule has 2 aromatic heterocycles. The van der Waals surface area contributed by atoms with Gasteiger partial charge in [0.15, 0.2) is 9.84 Å². The zero-order valence-corrected chi connectivity index (χ0v) is 15.4. The molecule has 7 nitrogen and oxygen atoms in total. The monoisotopic (exact) mass is 374 g/mol. The van der Waals surface area contributed by atoms with Gasteiger partial charge in [0.05, 0.1) is 17.5 Å². The molecule has 1 aliphatic rings. The number of hydrogen-bond acceptors (Lipinski definition) is 6. The molecule has 0 spiro atoms. The van der Waals surface area contributed by atoms with Crippen molar-refractivity contribution in [1.29, 1.82) is 0 Å². The van der Waals surface area contributed by atoms with Gasteiger partial charge in [-0.05, 0) is 36.2 Å². The number of carbonyl (C=O) groups is 1. The number of anilines is 1. The summed E-state index contributed by atoms with van der Waals surface area (Å²) in [5.41, 5.74) is 1.52. The number of nitrogens with zero attached hydrogens (tertiary/aromatic N) is 3. The highest BCUT2D eigenvalue weighted by molar-refractivity contribution is 7.91. The molecule has 0 aliphatic carbocycles. The SMILES string of the molecule is CC[C@H](NC(=O)c1ccncc1)c1ccnc(N2CCS(=O)(=O)CC2)c1.